The predicted molar refractivity (Wildman–Crippen MR) is 114 cm³/mol. The highest BCUT2D eigenvalue weighted by atomic mass is 19.1. The Labute approximate surface area is 177 Å². The van der Waals surface area contributed by atoms with Gasteiger partial charge in [-0.1, -0.05) is 32.0 Å². The highest BCUT2D eigenvalue weighted by Crippen LogP contribution is 2.20. The molecule has 1 aliphatic heterocycles. The molecule has 1 heterocycles. The summed E-state index contributed by atoms with van der Waals surface area (Å²) in [7, 11) is 0. The average molecular weight is 413 g/mol. The molecule has 0 aliphatic carbocycles. The number of hydrogen-bond donors (Lipinski definition) is 1. The van der Waals surface area contributed by atoms with Crippen molar-refractivity contribution in [2.24, 2.45) is 0 Å². The van der Waals surface area contributed by atoms with E-state index >= 15 is 0 Å². The Morgan fingerprint density at radius 2 is 1.73 bits per heavy atom. The molecule has 5 nitrogen and oxygen atoms in total. The minimum absolute atomic E-state index is 0.0107. The highest BCUT2D eigenvalue weighted by Gasteiger charge is 2.26. The molecular weight excluding hydrogens is 383 g/mol. The maximum absolute atomic E-state index is 13.4. The van der Waals surface area contributed by atoms with Gasteiger partial charge in [-0.15, -0.1) is 0 Å². The van der Waals surface area contributed by atoms with Gasteiger partial charge in [-0.05, 0) is 61.6 Å². The van der Waals surface area contributed by atoms with E-state index in [-0.39, 0.29) is 17.9 Å². The number of likely N-dealkylation sites (tertiary alicyclic amines) is 1. The summed E-state index contributed by atoms with van der Waals surface area (Å²) in [6.07, 6.45) is 0.701. The van der Waals surface area contributed by atoms with Crippen LogP contribution in [0.15, 0.2) is 48.5 Å². The van der Waals surface area contributed by atoms with E-state index in [0.29, 0.717) is 43.2 Å². The van der Waals surface area contributed by atoms with Crippen molar-refractivity contribution in [3.05, 3.63) is 65.5 Å². The second-order valence-corrected chi connectivity index (χ2v) is 8.07. The molecule has 1 N–H and O–H groups in total. The fourth-order valence-corrected chi connectivity index (χ4v) is 3.54. The Balaban J connectivity index is 1.47. The fraction of sp³-hybridized carbons (Fsp3) is 0.417. The Hall–Kier alpha value is -2.89. The van der Waals surface area contributed by atoms with Gasteiger partial charge in [0, 0.05) is 24.7 Å². The van der Waals surface area contributed by atoms with Gasteiger partial charge in [0.2, 0.25) is 0 Å². The summed E-state index contributed by atoms with van der Waals surface area (Å²) in [6.45, 7) is 7.03. The molecule has 160 valence electrons. The van der Waals surface area contributed by atoms with E-state index in [2.05, 4.69) is 19.2 Å². The molecule has 1 saturated heterocycles. The number of ether oxygens (including phenoxy) is 1. The number of carbonyl (C=O) groups excluding carboxylic acids is 2. The third-order valence-electron chi connectivity index (χ3n) is 5.43. The molecule has 1 fully saturated rings. The van der Waals surface area contributed by atoms with Crippen LogP contribution >= 0.6 is 0 Å². The van der Waals surface area contributed by atoms with E-state index in [1.54, 1.807) is 17.9 Å². The van der Waals surface area contributed by atoms with Crippen LogP contribution in [0.2, 0.25) is 0 Å². The number of benzene rings is 2. The van der Waals surface area contributed by atoms with Crippen molar-refractivity contribution < 1.29 is 18.7 Å². The van der Waals surface area contributed by atoms with Crippen LogP contribution in [-0.4, -0.2) is 41.9 Å². The van der Waals surface area contributed by atoms with Gasteiger partial charge < -0.3 is 15.0 Å². The van der Waals surface area contributed by atoms with Crippen LogP contribution in [-0.2, 0) is 4.79 Å². The van der Waals surface area contributed by atoms with Crippen molar-refractivity contribution in [3.8, 4) is 5.75 Å². The average Bonchev–Trinajstić information content (AvgIpc) is 2.74. The molecule has 0 saturated carbocycles. The van der Waals surface area contributed by atoms with Gasteiger partial charge in [0.25, 0.3) is 11.8 Å². The number of nitrogens with zero attached hydrogens (tertiary/aromatic N) is 1. The van der Waals surface area contributed by atoms with E-state index in [0.717, 1.165) is 0 Å². The maximum atomic E-state index is 13.4. The first-order valence-electron chi connectivity index (χ1n) is 10.5. The van der Waals surface area contributed by atoms with Crippen LogP contribution in [0.1, 0.15) is 55.5 Å². The Morgan fingerprint density at radius 1 is 1.07 bits per heavy atom. The van der Waals surface area contributed by atoms with E-state index in [1.165, 1.54) is 23.8 Å². The Bertz CT molecular complexity index is 874. The zero-order valence-corrected chi connectivity index (χ0v) is 17.7. The SMILES string of the molecule is CC(Oc1ccc(C(C)C)cc1)C(=O)NC1CCN(C(=O)c2cccc(F)c2)CC1. The first-order chi connectivity index (χ1) is 14.3. The van der Waals surface area contributed by atoms with Gasteiger partial charge in [-0.2, -0.15) is 0 Å². The van der Waals surface area contributed by atoms with E-state index in [1.807, 2.05) is 24.3 Å². The van der Waals surface area contributed by atoms with E-state index in [4.69, 9.17) is 4.74 Å². The molecule has 6 heteroatoms. The Morgan fingerprint density at radius 3 is 2.33 bits per heavy atom. The van der Waals surface area contributed by atoms with Crippen LogP contribution in [0.5, 0.6) is 5.75 Å². The summed E-state index contributed by atoms with van der Waals surface area (Å²) < 4.78 is 19.1. The van der Waals surface area contributed by atoms with Gasteiger partial charge in [0.1, 0.15) is 11.6 Å². The first kappa shape index (κ1) is 21.8. The van der Waals surface area contributed by atoms with Crippen LogP contribution in [0.3, 0.4) is 0 Å². The lowest BCUT2D eigenvalue weighted by atomic mass is 10.0. The molecule has 0 spiro atoms. The summed E-state index contributed by atoms with van der Waals surface area (Å²) >= 11 is 0. The quantitative estimate of drug-likeness (QED) is 0.776. The first-order valence-corrected chi connectivity index (χ1v) is 10.5. The summed E-state index contributed by atoms with van der Waals surface area (Å²) in [5, 5.41) is 3.01. The lowest BCUT2D eigenvalue weighted by Gasteiger charge is -2.33. The number of amides is 2. The molecule has 0 aromatic heterocycles. The third kappa shape index (κ3) is 5.59. The van der Waals surface area contributed by atoms with E-state index < -0.39 is 11.9 Å². The Kier molecular flexibility index (Phi) is 7.08. The van der Waals surface area contributed by atoms with Crippen molar-refractivity contribution in [3.63, 3.8) is 0 Å². The molecule has 1 atom stereocenters. The topological polar surface area (TPSA) is 58.6 Å². The fourth-order valence-electron chi connectivity index (χ4n) is 3.54. The normalized spacial score (nSPS) is 15.7. The smallest absolute Gasteiger partial charge is 0.260 e. The molecule has 1 aliphatic rings. The lowest BCUT2D eigenvalue weighted by Crippen LogP contribution is -2.49. The van der Waals surface area contributed by atoms with Crippen molar-refractivity contribution in [2.45, 2.75) is 51.7 Å². The number of hydrogen-bond acceptors (Lipinski definition) is 3. The third-order valence-corrected chi connectivity index (χ3v) is 5.43. The number of piperidine rings is 1. The molecule has 3 rings (SSSR count). The lowest BCUT2D eigenvalue weighted by molar-refractivity contribution is -0.128. The second kappa shape index (κ2) is 9.74. The van der Waals surface area contributed by atoms with Gasteiger partial charge >= 0.3 is 0 Å². The zero-order chi connectivity index (χ0) is 21.7. The maximum Gasteiger partial charge on any atom is 0.260 e. The number of rotatable bonds is 6. The number of carbonyl (C=O) groups is 2. The minimum Gasteiger partial charge on any atom is -0.481 e. The second-order valence-electron chi connectivity index (χ2n) is 8.07. The molecule has 0 radical (unpaired) electrons. The molecule has 2 amide bonds. The minimum atomic E-state index is -0.609. The molecule has 2 aromatic rings. The van der Waals surface area contributed by atoms with E-state index in [9.17, 15) is 14.0 Å². The van der Waals surface area contributed by atoms with Crippen LogP contribution in [0.25, 0.3) is 0 Å². The summed E-state index contributed by atoms with van der Waals surface area (Å²) in [4.78, 5) is 26.7. The van der Waals surface area contributed by atoms with Crippen molar-refractivity contribution >= 4 is 11.8 Å². The standard InChI is InChI=1S/C24H29FN2O3/c1-16(2)18-7-9-22(10-8-18)30-17(3)23(28)26-21-11-13-27(14-12-21)24(29)19-5-4-6-20(25)15-19/h4-10,15-17,21H,11-14H2,1-3H3,(H,26,28). The van der Waals surface area contributed by atoms with Crippen molar-refractivity contribution in [1.82, 2.24) is 10.2 Å². The monoisotopic (exact) mass is 412 g/mol. The summed E-state index contributed by atoms with van der Waals surface area (Å²) in [5.41, 5.74) is 1.57. The predicted octanol–water partition coefficient (Wildman–Crippen LogP) is 4.14. The molecule has 1 unspecified atom stereocenters. The molecule has 0 bridgehead atoms. The summed E-state index contributed by atoms with van der Waals surface area (Å²) in [5.74, 6) is 0.338. The molecule has 2 aromatic carbocycles. The zero-order valence-electron chi connectivity index (χ0n) is 17.7. The number of nitrogens with one attached hydrogen (secondary N) is 1. The largest absolute Gasteiger partial charge is 0.481 e. The van der Waals surface area contributed by atoms with Gasteiger partial charge in [0.05, 0.1) is 0 Å². The van der Waals surface area contributed by atoms with Crippen LogP contribution in [0.4, 0.5) is 4.39 Å². The van der Waals surface area contributed by atoms with Crippen LogP contribution in [0, 0.1) is 5.82 Å². The van der Waals surface area contributed by atoms with Crippen LogP contribution < -0.4 is 10.1 Å². The van der Waals surface area contributed by atoms with Crippen molar-refractivity contribution in [1.29, 1.82) is 0 Å². The molecular formula is C24H29FN2O3. The summed E-state index contributed by atoms with van der Waals surface area (Å²) in [6, 6.07) is 13.5. The molecule has 30 heavy (non-hydrogen) atoms. The van der Waals surface area contributed by atoms with Gasteiger partial charge in [0.15, 0.2) is 6.10 Å². The van der Waals surface area contributed by atoms with Gasteiger partial charge in [-0.3, -0.25) is 9.59 Å². The number of halogens is 1. The highest BCUT2D eigenvalue weighted by molar-refractivity contribution is 5.94. The van der Waals surface area contributed by atoms with Gasteiger partial charge in [-0.25, -0.2) is 4.39 Å². The van der Waals surface area contributed by atoms with Crippen molar-refractivity contribution in [2.75, 3.05) is 13.1 Å².